The molecular formula is C57H105NO5. The van der Waals surface area contributed by atoms with Crippen molar-refractivity contribution in [1.82, 2.24) is 5.32 Å². The van der Waals surface area contributed by atoms with Gasteiger partial charge in [-0.05, 0) is 89.9 Å². The Morgan fingerprint density at radius 2 is 0.794 bits per heavy atom. The van der Waals surface area contributed by atoms with Crippen molar-refractivity contribution in [2.75, 3.05) is 13.2 Å². The topological polar surface area (TPSA) is 95.9 Å². The summed E-state index contributed by atoms with van der Waals surface area (Å²) in [6, 6.07) is -0.636. The Kier molecular flexibility index (Phi) is 50.6. The third-order valence-electron chi connectivity index (χ3n) is 12.3. The molecule has 0 radical (unpaired) electrons. The minimum absolute atomic E-state index is 0.00747. The first kappa shape index (κ1) is 60.8. The Morgan fingerprint density at radius 1 is 0.444 bits per heavy atom. The molecule has 0 rings (SSSR count). The number of nitrogens with one attached hydrogen (secondary N) is 1. The number of amides is 1. The van der Waals surface area contributed by atoms with Gasteiger partial charge in [0.2, 0.25) is 5.91 Å². The number of allylic oxidation sites excluding steroid dienone is 7. The molecule has 6 heteroatoms. The molecular weight excluding hydrogens is 779 g/mol. The van der Waals surface area contributed by atoms with E-state index >= 15 is 0 Å². The van der Waals surface area contributed by atoms with E-state index in [0.717, 1.165) is 64.2 Å². The number of unbranched alkanes of at least 4 members (excludes halogenated alkanes) is 33. The smallest absolute Gasteiger partial charge is 0.305 e. The van der Waals surface area contributed by atoms with Crippen molar-refractivity contribution in [3.8, 4) is 0 Å². The van der Waals surface area contributed by atoms with Crippen LogP contribution in [0.1, 0.15) is 277 Å². The van der Waals surface area contributed by atoms with Crippen molar-refractivity contribution in [2.24, 2.45) is 0 Å². The highest BCUT2D eigenvalue weighted by Crippen LogP contribution is 2.15. The minimum Gasteiger partial charge on any atom is -0.466 e. The summed E-state index contributed by atoms with van der Waals surface area (Å²) in [6.07, 6.45) is 65.5. The van der Waals surface area contributed by atoms with Gasteiger partial charge >= 0.3 is 5.97 Å². The molecule has 0 bridgehead atoms. The SMILES string of the molecule is CCCCC/C=C\C/C=C\CCCCCCCCCCCC(=O)OCCCCCCCC/C=C\CCCCCCCCCC(=O)NC(CO)C(O)/C=C/CCCCCCCCCC. The molecule has 0 aliphatic heterocycles. The second kappa shape index (κ2) is 52.4. The maximum atomic E-state index is 12.4. The van der Waals surface area contributed by atoms with E-state index in [9.17, 15) is 19.8 Å². The number of aliphatic hydroxyl groups is 2. The lowest BCUT2D eigenvalue weighted by atomic mass is 10.1. The zero-order chi connectivity index (χ0) is 45.8. The standard InChI is InChI=1S/C57H105NO5/c1-3-5-7-9-11-13-15-16-17-18-19-22-25-28-31-35-39-43-47-51-57(62)63-52-48-44-40-36-32-29-26-23-20-21-24-27-30-34-38-42-46-50-56(61)58-54(53-59)55(60)49-45-41-37-33-14-12-10-8-6-4-2/h11,13,16-17,20,23,45,49,54-55,59-60H,3-10,12,14-15,18-19,21-22,24-44,46-48,50-53H2,1-2H3,(H,58,61)/b13-11-,17-16-,23-20-,49-45+. The van der Waals surface area contributed by atoms with E-state index in [1.807, 2.05) is 6.08 Å². The number of hydrogen-bond donors (Lipinski definition) is 3. The van der Waals surface area contributed by atoms with Gasteiger partial charge in [0.25, 0.3) is 0 Å². The van der Waals surface area contributed by atoms with E-state index in [1.54, 1.807) is 6.08 Å². The summed E-state index contributed by atoms with van der Waals surface area (Å²) in [7, 11) is 0. The molecule has 0 aromatic carbocycles. The molecule has 1 amide bonds. The molecule has 0 saturated heterocycles. The Labute approximate surface area is 391 Å². The average Bonchev–Trinajstić information content (AvgIpc) is 3.28. The Morgan fingerprint density at radius 3 is 1.25 bits per heavy atom. The van der Waals surface area contributed by atoms with Crippen molar-refractivity contribution >= 4 is 11.9 Å². The Hall–Kier alpha value is -2.18. The third kappa shape index (κ3) is 49.1. The highest BCUT2D eigenvalue weighted by molar-refractivity contribution is 5.76. The van der Waals surface area contributed by atoms with Gasteiger partial charge in [0.1, 0.15) is 0 Å². The van der Waals surface area contributed by atoms with Gasteiger partial charge in [-0.2, -0.15) is 0 Å². The fourth-order valence-electron chi connectivity index (χ4n) is 8.07. The van der Waals surface area contributed by atoms with Crippen LogP contribution in [-0.4, -0.2) is 47.4 Å². The number of carbonyl (C=O) groups excluding carboxylic acids is 2. The summed E-state index contributed by atoms with van der Waals surface area (Å²) >= 11 is 0. The van der Waals surface area contributed by atoms with E-state index in [4.69, 9.17) is 4.74 Å². The summed E-state index contributed by atoms with van der Waals surface area (Å²) < 4.78 is 5.48. The van der Waals surface area contributed by atoms with Crippen molar-refractivity contribution in [1.29, 1.82) is 0 Å². The molecule has 0 aromatic heterocycles. The molecule has 0 heterocycles. The molecule has 0 saturated carbocycles. The van der Waals surface area contributed by atoms with Crippen LogP contribution in [0, 0.1) is 0 Å². The van der Waals surface area contributed by atoms with Gasteiger partial charge in [0.05, 0.1) is 25.4 Å². The fraction of sp³-hybridized carbons (Fsp3) is 0.825. The van der Waals surface area contributed by atoms with Crippen molar-refractivity contribution in [3.05, 3.63) is 48.6 Å². The number of ether oxygens (including phenoxy) is 1. The highest BCUT2D eigenvalue weighted by atomic mass is 16.5. The predicted molar refractivity (Wildman–Crippen MR) is 273 cm³/mol. The van der Waals surface area contributed by atoms with Crippen LogP contribution in [0.15, 0.2) is 48.6 Å². The molecule has 0 spiro atoms. The first-order chi connectivity index (χ1) is 31.0. The van der Waals surface area contributed by atoms with Crippen LogP contribution in [0.4, 0.5) is 0 Å². The molecule has 0 aromatic rings. The zero-order valence-electron chi connectivity index (χ0n) is 41.8. The van der Waals surface area contributed by atoms with Gasteiger partial charge in [-0.15, -0.1) is 0 Å². The maximum Gasteiger partial charge on any atom is 0.305 e. The lowest BCUT2D eigenvalue weighted by Crippen LogP contribution is -2.45. The molecule has 63 heavy (non-hydrogen) atoms. The van der Waals surface area contributed by atoms with Crippen molar-refractivity contribution in [3.63, 3.8) is 0 Å². The molecule has 2 unspecified atom stereocenters. The summed E-state index contributed by atoms with van der Waals surface area (Å²) in [6.45, 7) is 4.83. The van der Waals surface area contributed by atoms with Crippen molar-refractivity contribution in [2.45, 2.75) is 289 Å². The first-order valence-electron chi connectivity index (χ1n) is 27.4. The number of esters is 1. The number of carbonyl (C=O) groups is 2. The van der Waals surface area contributed by atoms with E-state index in [0.29, 0.717) is 19.4 Å². The second-order valence-electron chi connectivity index (χ2n) is 18.5. The molecule has 3 N–H and O–H groups in total. The Bertz CT molecular complexity index is 1070. The molecule has 368 valence electrons. The lowest BCUT2D eigenvalue weighted by Gasteiger charge is -2.20. The maximum absolute atomic E-state index is 12.4. The molecule has 2 atom stereocenters. The van der Waals surface area contributed by atoms with Crippen LogP contribution in [-0.2, 0) is 14.3 Å². The monoisotopic (exact) mass is 884 g/mol. The quantitative estimate of drug-likeness (QED) is 0.0321. The normalized spacial score (nSPS) is 13.0. The van der Waals surface area contributed by atoms with Gasteiger partial charge in [-0.25, -0.2) is 0 Å². The molecule has 0 aliphatic rings. The minimum atomic E-state index is -0.851. The van der Waals surface area contributed by atoms with E-state index < -0.39 is 12.1 Å². The van der Waals surface area contributed by atoms with Crippen LogP contribution < -0.4 is 5.32 Å². The van der Waals surface area contributed by atoms with Gasteiger partial charge < -0.3 is 20.3 Å². The van der Waals surface area contributed by atoms with Crippen molar-refractivity contribution < 1.29 is 24.5 Å². The highest BCUT2D eigenvalue weighted by Gasteiger charge is 2.18. The summed E-state index contributed by atoms with van der Waals surface area (Å²) in [5.74, 6) is -0.0906. The largest absolute Gasteiger partial charge is 0.466 e. The first-order valence-corrected chi connectivity index (χ1v) is 27.4. The number of hydrogen-bond acceptors (Lipinski definition) is 5. The molecule has 6 nitrogen and oxygen atoms in total. The average molecular weight is 884 g/mol. The van der Waals surface area contributed by atoms with Crippen LogP contribution in [0.3, 0.4) is 0 Å². The summed E-state index contributed by atoms with van der Waals surface area (Å²) in [5, 5.41) is 22.9. The van der Waals surface area contributed by atoms with Gasteiger partial charge in [-0.3, -0.25) is 9.59 Å². The van der Waals surface area contributed by atoms with E-state index in [2.05, 4.69) is 55.6 Å². The fourth-order valence-corrected chi connectivity index (χ4v) is 8.07. The second-order valence-corrected chi connectivity index (χ2v) is 18.5. The number of aliphatic hydroxyl groups excluding tert-OH is 2. The predicted octanol–water partition coefficient (Wildman–Crippen LogP) is 16.6. The van der Waals surface area contributed by atoms with Gasteiger partial charge in [0.15, 0.2) is 0 Å². The van der Waals surface area contributed by atoms with Crippen LogP contribution in [0.2, 0.25) is 0 Å². The zero-order valence-corrected chi connectivity index (χ0v) is 41.8. The molecule has 0 fully saturated rings. The van der Waals surface area contributed by atoms with Crippen LogP contribution >= 0.6 is 0 Å². The van der Waals surface area contributed by atoms with Crippen LogP contribution in [0.5, 0.6) is 0 Å². The number of rotatable bonds is 50. The van der Waals surface area contributed by atoms with Gasteiger partial charge in [-0.1, -0.05) is 223 Å². The third-order valence-corrected chi connectivity index (χ3v) is 12.3. The van der Waals surface area contributed by atoms with Gasteiger partial charge in [0, 0.05) is 12.8 Å². The lowest BCUT2D eigenvalue weighted by molar-refractivity contribution is -0.143. The summed E-state index contributed by atoms with van der Waals surface area (Å²) in [5.41, 5.74) is 0. The van der Waals surface area contributed by atoms with Crippen LogP contribution in [0.25, 0.3) is 0 Å². The molecule has 0 aliphatic carbocycles. The Balaban J connectivity index is 3.45. The summed E-state index contributed by atoms with van der Waals surface area (Å²) in [4.78, 5) is 24.5. The van der Waals surface area contributed by atoms with E-state index in [1.165, 1.54) is 186 Å². The van der Waals surface area contributed by atoms with E-state index in [-0.39, 0.29) is 18.5 Å².